The third kappa shape index (κ3) is 3.07. The maximum absolute atomic E-state index is 12.6. The highest BCUT2D eigenvalue weighted by Gasteiger charge is 2.27. The van der Waals surface area contributed by atoms with Crippen LogP contribution in [-0.2, 0) is 37.8 Å². The third-order valence-electron chi connectivity index (χ3n) is 5.62. The van der Waals surface area contributed by atoms with Crippen LogP contribution >= 0.6 is 0 Å². The highest BCUT2D eigenvalue weighted by Crippen LogP contribution is 2.23. The van der Waals surface area contributed by atoms with Gasteiger partial charge in [-0.2, -0.15) is 5.10 Å². The Morgan fingerprint density at radius 3 is 3.00 bits per heavy atom. The van der Waals surface area contributed by atoms with E-state index in [9.17, 15) is 9.59 Å². The van der Waals surface area contributed by atoms with Gasteiger partial charge < -0.3 is 10.3 Å². The second-order valence-corrected chi connectivity index (χ2v) is 7.35. The lowest BCUT2D eigenvalue weighted by Gasteiger charge is -2.21. The van der Waals surface area contributed by atoms with Crippen LogP contribution in [0.15, 0.2) is 23.0 Å². The first-order valence-corrected chi connectivity index (χ1v) is 9.48. The van der Waals surface area contributed by atoms with Gasteiger partial charge in [0.15, 0.2) is 0 Å². The number of hydrogen-bond donors (Lipinski definition) is 2. The van der Waals surface area contributed by atoms with Crippen LogP contribution in [-0.4, -0.2) is 25.2 Å². The minimum atomic E-state index is -0.191. The Hall–Kier alpha value is -2.83. The number of aromatic nitrogens is 4. The minimum Gasteiger partial charge on any atom is -0.358 e. The van der Waals surface area contributed by atoms with E-state index in [2.05, 4.69) is 41.4 Å². The number of nitrogens with one attached hydrogen (secondary N) is 2. The number of benzene rings is 1. The van der Waals surface area contributed by atoms with E-state index in [1.165, 1.54) is 21.3 Å². The zero-order valence-electron chi connectivity index (χ0n) is 16.0. The number of amides is 1. The molecule has 1 aliphatic rings. The van der Waals surface area contributed by atoms with Crippen LogP contribution in [0, 0.1) is 12.8 Å². The molecule has 2 N–H and O–H groups in total. The lowest BCUT2D eigenvalue weighted by molar-refractivity contribution is -0.126. The Morgan fingerprint density at radius 2 is 2.22 bits per heavy atom. The van der Waals surface area contributed by atoms with Crippen molar-refractivity contribution in [1.29, 1.82) is 0 Å². The van der Waals surface area contributed by atoms with Crippen molar-refractivity contribution in [3.8, 4) is 0 Å². The van der Waals surface area contributed by atoms with Gasteiger partial charge in [0, 0.05) is 43.2 Å². The molecule has 1 unspecified atom stereocenters. The SMILES string of the molecule is CCc1[nH]c2ccc(CNC(=O)C3CCc4nn(C)c(=O)n4C3)cc2c1C. The number of aryl methyl sites for hydroxylation is 4. The number of carbonyl (C=O) groups excluding carboxylic acids is 1. The van der Waals surface area contributed by atoms with Crippen molar-refractivity contribution in [1.82, 2.24) is 24.6 Å². The molecule has 2 aromatic heterocycles. The largest absolute Gasteiger partial charge is 0.358 e. The zero-order chi connectivity index (χ0) is 19.1. The molecule has 4 rings (SSSR count). The number of hydrogen-bond acceptors (Lipinski definition) is 3. The van der Waals surface area contributed by atoms with E-state index in [0.29, 0.717) is 19.5 Å². The fourth-order valence-corrected chi connectivity index (χ4v) is 3.98. The molecule has 27 heavy (non-hydrogen) atoms. The fourth-order valence-electron chi connectivity index (χ4n) is 3.98. The van der Waals surface area contributed by atoms with Gasteiger partial charge in [-0.3, -0.25) is 9.36 Å². The molecule has 0 fully saturated rings. The van der Waals surface area contributed by atoms with E-state index >= 15 is 0 Å². The molecule has 0 aliphatic carbocycles. The summed E-state index contributed by atoms with van der Waals surface area (Å²) in [6, 6.07) is 6.26. The zero-order valence-corrected chi connectivity index (χ0v) is 16.0. The van der Waals surface area contributed by atoms with Crippen LogP contribution in [0.3, 0.4) is 0 Å². The average Bonchev–Trinajstić information content (AvgIpc) is 3.15. The Balaban J connectivity index is 1.45. The van der Waals surface area contributed by atoms with Crippen molar-refractivity contribution < 1.29 is 4.79 Å². The molecule has 0 saturated carbocycles. The maximum Gasteiger partial charge on any atom is 0.345 e. The van der Waals surface area contributed by atoms with Crippen LogP contribution in [0.1, 0.15) is 36.0 Å². The van der Waals surface area contributed by atoms with Crippen LogP contribution in [0.4, 0.5) is 0 Å². The smallest absolute Gasteiger partial charge is 0.345 e. The quantitative estimate of drug-likeness (QED) is 0.738. The predicted molar refractivity (Wildman–Crippen MR) is 104 cm³/mol. The van der Waals surface area contributed by atoms with Gasteiger partial charge in [-0.05, 0) is 43.0 Å². The van der Waals surface area contributed by atoms with E-state index < -0.39 is 0 Å². The minimum absolute atomic E-state index is 0.00321. The molecule has 7 nitrogen and oxygen atoms in total. The van der Waals surface area contributed by atoms with E-state index in [1.54, 1.807) is 11.6 Å². The maximum atomic E-state index is 12.6. The summed E-state index contributed by atoms with van der Waals surface area (Å²) >= 11 is 0. The Labute approximate surface area is 157 Å². The fraction of sp³-hybridized carbons (Fsp3) is 0.450. The van der Waals surface area contributed by atoms with Gasteiger partial charge in [0.1, 0.15) is 5.82 Å². The molecule has 7 heteroatoms. The number of carbonyl (C=O) groups is 1. The lowest BCUT2D eigenvalue weighted by Crippen LogP contribution is -2.38. The van der Waals surface area contributed by atoms with Crippen LogP contribution in [0.25, 0.3) is 10.9 Å². The normalized spacial score (nSPS) is 16.5. The average molecular weight is 367 g/mol. The Kier molecular flexibility index (Phi) is 4.37. The van der Waals surface area contributed by atoms with Crippen LogP contribution in [0.2, 0.25) is 0 Å². The summed E-state index contributed by atoms with van der Waals surface area (Å²) in [6.07, 6.45) is 2.35. The topological polar surface area (TPSA) is 84.7 Å². The van der Waals surface area contributed by atoms with Crippen LogP contribution < -0.4 is 11.0 Å². The Bertz CT molecular complexity index is 1070. The molecule has 1 amide bonds. The first-order chi connectivity index (χ1) is 13.0. The standard InChI is InChI=1S/C20H25N5O2/c1-4-16-12(2)15-9-13(5-7-17(15)22-16)10-21-19(26)14-6-8-18-23-24(3)20(27)25(18)11-14/h5,7,9,14,22H,4,6,8,10-11H2,1-3H3,(H,21,26). The van der Waals surface area contributed by atoms with Gasteiger partial charge in [0.2, 0.25) is 5.91 Å². The summed E-state index contributed by atoms with van der Waals surface area (Å²) in [5.74, 6) is 0.576. The number of fused-ring (bicyclic) bond motifs is 2. The summed E-state index contributed by atoms with van der Waals surface area (Å²) in [5, 5.41) is 8.47. The molecule has 142 valence electrons. The first kappa shape index (κ1) is 17.6. The first-order valence-electron chi connectivity index (χ1n) is 9.48. The summed E-state index contributed by atoms with van der Waals surface area (Å²) < 4.78 is 2.96. The van der Waals surface area contributed by atoms with Gasteiger partial charge in [-0.1, -0.05) is 13.0 Å². The van der Waals surface area contributed by atoms with Gasteiger partial charge in [0.25, 0.3) is 0 Å². The van der Waals surface area contributed by atoms with Crippen molar-refractivity contribution in [3.63, 3.8) is 0 Å². The molecule has 0 saturated heterocycles. The number of H-pyrrole nitrogens is 1. The highest BCUT2D eigenvalue weighted by molar-refractivity contribution is 5.85. The summed E-state index contributed by atoms with van der Waals surface area (Å²) in [5.41, 5.74) is 4.59. The summed E-state index contributed by atoms with van der Waals surface area (Å²) in [6.45, 7) is 5.17. The number of rotatable bonds is 4. The molecule has 0 bridgehead atoms. The van der Waals surface area contributed by atoms with E-state index in [1.807, 2.05) is 6.07 Å². The molecule has 1 atom stereocenters. The molecule has 3 aromatic rings. The van der Waals surface area contributed by atoms with Crippen molar-refractivity contribution >= 4 is 16.8 Å². The molecule has 0 spiro atoms. The molecule has 3 heterocycles. The van der Waals surface area contributed by atoms with E-state index in [4.69, 9.17) is 0 Å². The van der Waals surface area contributed by atoms with Gasteiger partial charge in [-0.15, -0.1) is 0 Å². The van der Waals surface area contributed by atoms with Crippen LogP contribution in [0.5, 0.6) is 0 Å². The summed E-state index contributed by atoms with van der Waals surface area (Å²) in [7, 11) is 1.64. The molecule has 0 radical (unpaired) electrons. The van der Waals surface area contributed by atoms with Gasteiger partial charge >= 0.3 is 5.69 Å². The summed E-state index contributed by atoms with van der Waals surface area (Å²) in [4.78, 5) is 28.1. The molecular formula is C20H25N5O2. The molecule has 1 aromatic carbocycles. The van der Waals surface area contributed by atoms with E-state index in [-0.39, 0.29) is 17.5 Å². The Morgan fingerprint density at radius 1 is 1.41 bits per heavy atom. The van der Waals surface area contributed by atoms with Crippen molar-refractivity contribution in [2.45, 2.75) is 46.2 Å². The second kappa shape index (κ2) is 6.72. The number of nitrogens with zero attached hydrogens (tertiary/aromatic N) is 3. The predicted octanol–water partition coefficient (Wildman–Crippen LogP) is 1.81. The van der Waals surface area contributed by atoms with Crippen molar-refractivity contribution in [2.75, 3.05) is 0 Å². The highest BCUT2D eigenvalue weighted by atomic mass is 16.2. The monoisotopic (exact) mass is 367 g/mol. The van der Waals surface area contributed by atoms with Crippen molar-refractivity contribution in [3.05, 3.63) is 51.3 Å². The van der Waals surface area contributed by atoms with Gasteiger partial charge in [0.05, 0.1) is 5.92 Å². The lowest BCUT2D eigenvalue weighted by atomic mass is 9.98. The molecular weight excluding hydrogens is 342 g/mol. The van der Waals surface area contributed by atoms with E-state index in [0.717, 1.165) is 29.7 Å². The number of aromatic amines is 1. The molecule has 1 aliphatic heterocycles. The second-order valence-electron chi connectivity index (χ2n) is 7.35. The van der Waals surface area contributed by atoms with Crippen molar-refractivity contribution in [2.24, 2.45) is 13.0 Å². The van der Waals surface area contributed by atoms with Gasteiger partial charge in [-0.25, -0.2) is 9.48 Å². The third-order valence-corrected chi connectivity index (χ3v) is 5.62.